The van der Waals surface area contributed by atoms with E-state index in [1.165, 1.54) is 0 Å². The van der Waals surface area contributed by atoms with Gasteiger partial charge in [0, 0.05) is 51.1 Å². The van der Waals surface area contributed by atoms with Crippen molar-refractivity contribution in [2.24, 2.45) is 11.8 Å². The van der Waals surface area contributed by atoms with Crippen LogP contribution in [-0.2, 0) is 23.9 Å². The van der Waals surface area contributed by atoms with Crippen molar-refractivity contribution < 1.29 is 29.0 Å². The molecular weight excluding hydrogens is 530 g/mol. The van der Waals surface area contributed by atoms with Gasteiger partial charge in [-0.1, -0.05) is 12.2 Å². The highest BCUT2D eigenvalue weighted by atomic mass is 32.2. The highest BCUT2D eigenvalue weighted by molar-refractivity contribution is 8.02. The molecule has 1 N–H and O–H groups in total. The Morgan fingerprint density at radius 1 is 1.12 bits per heavy atom. The molecule has 2 amide bonds. The second kappa shape index (κ2) is 14.8. The van der Waals surface area contributed by atoms with E-state index in [1.54, 1.807) is 22.7 Å². The maximum absolute atomic E-state index is 14.4. The monoisotopic (exact) mass is 577 g/mol. The molecule has 2 bridgehead atoms. The van der Waals surface area contributed by atoms with Crippen molar-refractivity contribution in [2.75, 3.05) is 65.7 Å². The Labute approximate surface area is 243 Å². The number of aliphatic hydroxyl groups is 1. The first-order valence-electron chi connectivity index (χ1n) is 15.0. The van der Waals surface area contributed by atoms with Gasteiger partial charge in [-0.05, 0) is 51.4 Å². The maximum Gasteiger partial charge on any atom is 0.310 e. The third kappa shape index (κ3) is 6.61. The lowest BCUT2D eigenvalue weighted by atomic mass is 9.71. The number of morpholine rings is 1. The summed E-state index contributed by atoms with van der Waals surface area (Å²) < 4.78 is 10.6. The molecule has 0 aromatic carbocycles. The summed E-state index contributed by atoms with van der Waals surface area (Å²) in [5.41, 5.74) is 0. The first kappa shape index (κ1) is 31.1. The molecule has 4 heterocycles. The van der Waals surface area contributed by atoms with E-state index in [2.05, 4.69) is 18.1 Å². The number of amides is 2. The van der Waals surface area contributed by atoms with Gasteiger partial charge in [0.25, 0.3) is 0 Å². The summed E-state index contributed by atoms with van der Waals surface area (Å²) in [6, 6.07) is -0.607. The standard InChI is InChI=1S/C30H47N3O6S/c1-3-5-6-10-20-39-29(37)24-23-11-12-30(40-23)25(24)27(35)33(14-8-7-9-19-34)26(30)28(36)32(13-4-2)16-15-31-17-21-38-22-18-31/h3-4,23-26,34H,1-2,5-22H2/t23-,24+,25-,26?,30?/m0/s1. The van der Waals surface area contributed by atoms with E-state index in [0.717, 1.165) is 58.2 Å². The molecule has 4 aliphatic heterocycles. The second-order valence-electron chi connectivity index (χ2n) is 11.4. The summed E-state index contributed by atoms with van der Waals surface area (Å²) in [5.74, 6) is -1.46. The SMILES string of the molecule is C=CCCCCOC(=O)[C@@H]1[C@@H]2CCC3(S2)C(C(=O)N(CC=C)CCN2CCOCC2)N(CCCCCO)C(=O)[C@H]13. The lowest BCUT2D eigenvalue weighted by Gasteiger charge is -2.38. The zero-order valence-electron chi connectivity index (χ0n) is 23.8. The predicted octanol–water partition coefficient (Wildman–Crippen LogP) is 2.49. The van der Waals surface area contributed by atoms with Crippen LogP contribution in [0.5, 0.6) is 0 Å². The molecule has 2 unspecified atom stereocenters. The Hall–Kier alpha value is -1.88. The largest absolute Gasteiger partial charge is 0.465 e. The van der Waals surface area contributed by atoms with Crippen LogP contribution in [0.3, 0.4) is 0 Å². The van der Waals surface area contributed by atoms with Crippen molar-refractivity contribution in [3.05, 3.63) is 25.3 Å². The maximum atomic E-state index is 14.4. The minimum atomic E-state index is -0.610. The minimum absolute atomic E-state index is 0.00247. The summed E-state index contributed by atoms with van der Waals surface area (Å²) in [7, 11) is 0. The third-order valence-electron chi connectivity index (χ3n) is 8.86. The van der Waals surface area contributed by atoms with Crippen molar-refractivity contribution >= 4 is 29.5 Å². The van der Waals surface area contributed by atoms with E-state index in [4.69, 9.17) is 9.47 Å². The van der Waals surface area contributed by atoms with Gasteiger partial charge in [-0.25, -0.2) is 0 Å². The molecule has 0 saturated carbocycles. The Balaban J connectivity index is 1.54. The Bertz CT molecular complexity index is 912. The number of carbonyl (C=O) groups excluding carboxylic acids is 3. The number of thioether (sulfide) groups is 1. The molecule has 0 aliphatic carbocycles. The van der Waals surface area contributed by atoms with E-state index in [9.17, 15) is 19.5 Å². The van der Waals surface area contributed by atoms with E-state index >= 15 is 0 Å². The van der Waals surface area contributed by atoms with Crippen LogP contribution in [0.25, 0.3) is 0 Å². The number of hydrogen-bond acceptors (Lipinski definition) is 8. The van der Waals surface area contributed by atoms with Crippen molar-refractivity contribution in [3.8, 4) is 0 Å². The van der Waals surface area contributed by atoms with Gasteiger partial charge in [-0.2, -0.15) is 0 Å². The molecule has 10 heteroatoms. The fourth-order valence-corrected chi connectivity index (χ4v) is 9.08. The molecule has 40 heavy (non-hydrogen) atoms. The molecule has 9 nitrogen and oxygen atoms in total. The zero-order valence-corrected chi connectivity index (χ0v) is 24.7. The number of esters is 1. The van der Waals surface area contributed by atoms with Gasteiger partial charge >= 0.3 is 5.97 Å². The van der Waals surface area contributed by atoms with Crippen LogP contribution in [0, 0.1) is 11.8 Å². The highest BCUT2D eigenvalue weighted by Gasteiger charge is 2.74. The smallest absolute Gasteiger partial charge is 0.310 e. The minimum Gasteiger partial charge on any atom is -0.465 e. The number of hydrogen-bond donors (Lipinski definition) is 1. The van der Waals surface area contributed by atoms with Crippen LogP contribution >= 0.6 is 11.8 Å². The molecule has 4 rings (SSSR count). The zero-order chi connectivity index (χ0) is 28.5. The van der Waals surface area contributed by atoms with Gasteiger partial charge in [0.1, 0.15) is 6.04 Å². The van der Waals surface area contributed by atoms with Gasteiger partial charge in [-0.15, -0.1) is 24.9 Å². The molecule has 0 aromatic heterocycles. The number of carbonyl (C=O) groups is 3. The number of unbranched alkanes of at least 4 members (excludes halogenated alkanes) is 4. The first-order valence-corrected chi connectivity index (χ1v) is 15.9. The van der Waals surface area contributed by atoms with Gasteiger partial charge in [0.15, 0.2) is 0 Å². The lowest BCUT2D eigenvalue weighted by Crippen LogP contribution is -2.56. The molecule has 0 aromatic rings. The quantitative estimate of drug-likeness (QED) is 0.160. The molecule has 0 radical (unpaired) electrons. The molecule has 5 atom stereocenters. The van der Waals surface area contributed by atoms with Gasteiger partial charge in [-0.3, -0.25) is 19.3 Å². The van der Waals surface area contributed by atoms with Gasteiger partial charge in [0.2, 0.25) is 11.8 Å². The Morgan fingerprint density at radius 2 is 1.93 bits per heavy atom. The summed E-state index contributed by atoms with van der Waals surface area (Å²) >= 11 is 1.69. The number of rotatable bonds is 17. The van der Waals surface area contributed by atoms with Crippen molar-refractivity contribution in [1.82, 2.24) is 14.7 Å². The van der Waals surface area contributed by atoms with Crippen molar-refractivity contribution in [2.45, 2.75) is 67.4 Å². The normalized spacial score (nSPS) is 29.4. The van der Waals surface area contributed by atoms with E-state index in [1.807, 2.05) is 11.0 Å². The van der Waals surface area contributed by atoms with Crippen LogP contribution in [0.1, 0.15) is 51.4 Å². The van der Waals surface area contributed by atoms with Crippen molar-refractivity contribution in [3.63, 3.8) is 0 Å². The lowest BCUT2D eigenvalue weighted by molar-refractivity contribution is -0.154. The van der Waals surface area contributed by atoms with Gasteiger partial charge < -0.3 is 24.4 Å². The van der Waals surface area contributed by atoms with E-state index in [0.29, 0.717) is 52.3 Å². The number of ether oxygens (including phenoxy) is 2. The summed E-state index contributed by atoms with van der Waals surface area (Å²) in [5, 5.41) is 9.26. The molecular formula is C30H47N3O6S. The average Bonchev–Trinajstić information content (AvgIpc) is 3.61. The highest BCUT2D eigenvalue weighted by Crippen LogP contribution is 2.66. The number of nitrogens with zero attached hydrogens (tertiary/aromatic N) is 3. The second-order valence-corrected chi connectivity index (χ2v) is 13.0. The van der Waals surface area contributed by atoms with Crippen LogP contribution in [0.4, 0.5) is 0 Å². The molecule has 4 fully saturated rings. The topological polar surface area (TPSA) is 99.6 Å². The van der Waals surface area contributed by atoms with Crippen LogP contribution in [0.15, 0.2) is 25.3 Å². The summed E-state index contributed by atoms with van der Waals surface area (Å²) in [4.78, 5) is 47.8. The van der Waals surface area contributed by atoms with Crippen molar-refractivity contribution in [1.29, 1.82) is 0 Å². The Morgan fingerprint density at radius 3 is 2.65 bits per heavy atom. The summed E-state index contributed by atoms with van der Waals surface area (Å²) in [6.45, 7) is 13.3. The van der Waals surface area contributed by atoms with Gasteiger partial charge in [0.05, 0.1) is 36.4 Å². The predicted molar refractivity (Wildman–Crippen MR) is 156 cm³/mol. The molecule has 224 valence electrons. The van der Waals surface area contributed by atoms with E-state index < -0.39 is 22.6 Å². The number of fused-ring (bicyclic) bond motifs is 1. The number of likely N-dealkylation sites (tertiary alicyclic amines) is 1. The molecule has 4 aliphatic rings. The number of allylic oxidation sites excluding steroid dienone is 1. The van der Waals surface area contributed by atoms with E-state index in [-0.39, 0.29) is 29.6 Å². The van der Waals surface area contributed by atoms with Crippen LogP contribution in [-0.4, -0.2) is 119 Å². The average molecular weight is 578 g/mol. The fourth-order valence-electron chi connectivity index (χ4n) is 6.88. The van der Waals surface area contributed by atoms with Crippen LogP contribution in [0.2, 0.25) is 0 Å². The fraction of sp³-hybridized carbons (Fsp3) is 0.767. The number of aliphatic hydroxyl groups excluding tert-OH is 1. The Kier molecular flexibility index (Phi) is 11.5. The molecule has 4 saturated heterocycles. The van der Waals surface area contributed by atoms with Crippen LogP contribution < -0.4 is 0 Å². The summed E-state index contributed by atoms with van der Waals surface area (Å²) in [6.07, 6.45) is 9.87. The first-order chi connectivity index (χ1) is 19.5. The third-order valence-corrected chi connectivity index (χ3v) is 10.8. The molecule has 1 spiro atoms.